The highest BCUT2D eigenvalue weighted by atomic mass is 32.1. The van der Waals surface area contributed by atoms with Crippen LogP contribution in [-0.4, -0.2) is 26.4 Å². The number of hydrogen-bond acceptors (Lipinski definition) is 5. The third-order valence-corrected chi connectivity index (χ3v) is 4.66. The summed E-state index contributed by atoms with van der Waals surface area (Å²) in [6, 6.07) is 9.55. The molecule has 24 heavy (non-hydrogen) atoms. The highest BCUT2D eigenvalue weighted by molar-refractivity contribution is 7.17. The van der Waals surface area contributed by atoms with E-state index in [1.165, 1.54) is 11.3 Å². The van der Waals surface area contributed by atoms with Gasteiger partial charge in [-0.25, -0.2) is 0 Å². The third kappa shape index (κ3) is 3.03. The number of thiophene rings is 1. The van der Waals surface area contributed by atoms with Crippen molar-refractivity contribution < 1.29 is 19.3 Å². The Labute approximate surface area is 144 Å². The molecular formula is C19H18O4S. The van der Waals surface area contributed by atoms with E-state index in [9.17, 15) is 5.11 Å². The Hall–Kier alpha value is -2.66. The molecule has 0 amide bonds. The van der Waals surface area contributed by atoms with E-state index in [2.05, 4.69) is 0 Å². The lowest BCUT2D eigenvalue weighted by molar-refractivity contribution is 0.324. The van der Waals surface area contributed by atoms with Gasteiger partial charge in [-0.1, -0.05) is 12.2 Å². The molecular weight excluding hydrogens is 324 g/mol. The van der Waals surface area contributed by atoms with E-state index in [1.54, 1.807) is 27.4 Å². The fraction of sp³-hybridized carbons (Fsp3) is 0.158. The van der Waals surface area contributed by atoms with Crippen molar-refractivity contribution in [2.45, 2.75) is 0 Å². The normalized spacial score (nSPS) is 11.1. The number of rotatable bonds is 5. The molecule has 0 bridgehead atoms. The summed E-state index contributed by atoms with van der Waals surface area (Å²) in [4.78, 5) is 0. The minimum Gasteiger partial charge on any atom is -0.506 e. The van der Waals surface area contributed by atoms with Crippen LogP contribution in [0, 0.1) is 0 Å². The molecule has 1 aromatic heterocycles. The molecule has 0 fully saturated rings. The predicted molar refractivity (Wildman–Crippen MR) is 98.5 cm³/mol. The zero-order chi connectivity index (χ0) is 17.1. The van der Waals surface area contributed by atoms with Crippen molar-refractivity contribution in [3.63, 3.8) is 0 Å². The average Bonchev–Trinajstić information content (AvgIpc) is 3.08. The van der Waals surface area contributed by atoms with Crippen LogP contribution in [0.15, 0.2) is 35.7 Å². The molecule has 0 saturated carbocycles. The minimum atomic E-state index is 0.298. The summed E-state index contributed by atoms with van der Waals surface area (Å²) < 4.78 is 16.9. The quantitative estimate of drug-likeness (QED) is 0.677. The van der Waals surface area contributed by atoms with Gasteiger partial charge in [0.1, 0.15) is 5.75 Å². The maximum Gasteiger partial charge on any atom is 0.203 e. The topological polar surface area (TPSA) is 47.9 Å². The van der Waals surface area contributed by atoms with E-state index in [1.807, 2.05) is 41.8 Å². The lowest BCUT2D eigenvalue weighted by atomic mass is 10.1. The molecule has 3 rings (SSSR count). The standard InChI is InChI=1S/C19H18O4S/c1-21-16-10-13(11-17(22-2)18(16)23-3)5-4-12-8-14-6-7-24-19(14)15(20)9-12/h4-11,20H,1-3H3. The fourth-order valence-corrected chi connectivity index (χ4v) is 3.37. The molecule has 1 N–H and O–H groups in total. The second-order valence-electron chi connectivity index (χ2n) is 5.17. The number of phenols is 1. The van der Waals surface area contributed by atoms with Gasteiger partial charge in [0.2, 0.25) is 5.75 Å². The molecule has 0 saturated heterocycles. The highest BCUT2D eigenvalue weighted by Crippen LogP contribution is 2.39. The van der Waals surface area contributed by atoms with Crippen molar-refractivity contribution in [2.75, 3.05) is 21.3 Å². The second-order valence-corrected chi connectivity index (χ2v) is 6.09. The van der Waals surface area contributed by atoms with Crippen molar-refractivity contribution in [3.05, 3.63) is 46.8 Å². The molecule has 0 aliphatic heterocycles. The molecule has 124 valence electrons. The number of ether oxygens (including phenoxy) is 3. The Balaban J connectivity index is 1.98. The van der Waals surface area contributed by atoms with Crippen LogP contribution in [0.3, 0.4) is 0 Å². The Kier molecular flexibility index (Phi) is 4.62. The third-order valence-electron chi connectivity index (χ3n) is 3.71. The van der Waals surface area contributed by atoms with Crippen LogP contribution in [-0.2, 0) is 0 Å². The van der Waals surface area contributed by atoms with Crippen molar-refractivity contribution in [3.8, 4) is 23.0 Å². The average molecular weight is 342 g/mol. The number of methoxy groups -OCH3 is 3. The molecule has 0 spiro atoms. The molecule has 4 nitrogen and oxygen atoms in total. The summed E-state index contributed by atoms with van der Waals surface area (Å²) in [6.07, 6.45) is 3.88. The van der Waals surface area contributed by atoms with Gasteiger partial charge in [-0.2, -0.15) is 0 Å². The summed E-state index contributed by atoms with van der Waals surface area (Å²) in [5, 5.41) is 13.1. The Bertz CT molecular complexity index is 871. The van der Waals surface area contributed by atoms with E-state index in [-0.39, 0.29) is 0 Å². The number of aromatic hydroxyl groups is 1. The number of fused-ring (bicyclic) bond motifs is 1. The zero-order valence-corrected chi connectivity index (χ0v) is 14.5. The lowest BCUT2D eigenvalue weighted by Crippen LogP contribution is -1.95. The maximum absolute atomic E-state index is 10.1. The van der Waals surface area contributed by atoms with Gasteiger partial charge in [0, 0.05) is 0 Å². The first-order valence-electron chi connectivity index (χ1n) is 7.34. The molecule has 0 aliphatic carbocycles. The van der Waals surface area contributed by atoms with Gasteiger partial charge in [0.15, 0.2) is 11.5 Å². The van der Waals surface area contributed by atoms with Gasteiger partial charge in [-0.3, -0.25) is 0 Å². The van der Waals surface area contributed by atoms with E-state index in [0.717, 1.165) is 21.2 Å². The summed E-state index contributed by atoms with van der Waals surface area (Å²) >= 11 is 1.53. The first-order chi connectivity index (χ1) is 11.7. The van der Waals surface area contributed by atoms with Crippen molar-refractivity contribution in [1.82, 2.24) is 0 Å². The SMILES string of the molecule is COc1cc(C=Cc2cc(O)c3sccc3c2)cc(OC)c1OC. The smallest absolute Gasteiger partial charge is 0.203 e. The summed E-state index contributed by atoms with van der Waals surface area (Å²) in [6.45, 7) is 0. The van der Waals surface area contributed by atoms with Crippen LogP contribution in [0.4, 0.5) is 0 Å². The highest BCUT2D eigenvalue weighted by Gasteiger charge is 2.12. The van der Waals surface area contributed by atoms with Gasteiger partial charge in [-0.15, -0.1) is 11.3 Å². The second kappa shape index (κ2) is 6.84. The minimum absolute atomic E-state index is 0.298. The van der Waals surface area contributed by atoms with E-state index >= 15 is 0 Å². The molecule has 0 atom stereocenters. The monoisotopic (exact) mass is 342 g/mol. The zero-order valence-electron chi connectivity index (χ0n) is 13.7. The largest absolute Gasteiger partial charge is 0.506 e. The summed E-state index contributed by atoms with van der Waals surface area (Å²) in [5.41, 5.74) is 1.83. The first-order valence-corrected chi connectivity index (χ1v) is 8.22. The molecule has 1 heterocycles. The van der Waals surface area contributed by atoms with Gasteiger partial charge in [0.05, 0.1) is 26.0 Å². The maximum atomic E-state index is 10.1. The lowest BCUT2D eigenvalue weighted by Gasteiger charge is -2.12. The summed E-state index contributed by atoms with van der Waals surface area (Å²) in [5.74, 6) is 2.07. The van der Waals surface area contributed by atoms with E-state index in [0.29, 0.717) is 23.0 Å². The van der Waals surface area contributed by atoms with Crippen LogP contribution in [0.1, 0.15) is 11.1 Å². The molecule has 3 aromatic rings. The van der Waals surface area contributed by atoms with Gasteiger partial charge in [-0.05, 0) is 52.2 Å². The Morgan fingerprint density at radius 1 is 0.875 bits per heavy atom. The molecule has 5 heteroatoms. The van der Waals surface area contributed by atoms with Gasteiger partial charge < -0.3 is 19.3 Å². The summed E-state index contributed by atoms with van der Waals surface area (Å²) in [7, 11) is 4.76. The van der Waals surface area contributed by atoms with E-state index in [4.69, 9.17) is 14.2 Å². The molecule has 0 unspecified atom stereocenters. The fourth-order valence-electron chi connectivity index (χ4n) is 2.57. The van der Waals surface area contributed by atoms with Crippen molar-refractivity contribution in [2.24, 2.45) is 0 Å². The van der Waals surface area contributed by atoms with Crippen LogP contribution in [0.2, 0.25) is 0 Å². The molecule has 2 aromatic carbocycles. The van der Waals surface area contributed by atoms with Gasteiger partial charge in [0.25, 0.3) is 0 Å². The molecule has 0 aliphatic rings. The van der Waals surface area contributed by atoms with Crippen LogP contribution < -0.4 is 14.2 Å². The Morgan fingerprint density at radius 3 is 2.08 bits per heavy atom. The van der Waals surface area contributed by atoms with Crippen LogP contribution in [0.25, 0.3) is 22.2 Å². The number of hydrogen-bond donors (Lipinski definition) is 1. The Morgan fingerprint density at radius 2 is 1.50 bits per heavy atom. The van der Waals surface area contributed by atoms with E-state index < -0.39 is 0 Å². The van der Waals surface area contributed by atoms with Crippen LogP contribution in [0.5, 0.6) is 23.0 Å². The molecule has 0 radical (unpaired) electrons. The van der Waals surface area contributed by atoms with Crippen molar-refractivity contribution in [1.29, 1.82) is 0 Å². The van der Waals surface area contributed by atoms with Gasteiger partial charge >= 0.3 is 0 Å². The number of benzene rings is 2. The van der Waals surface area contributed by atoms with Crippen LogP contribution >= 0.6 is 11.3 Å². The number of phenolic OH excluding ortho intramolecular Hbond substituents is 1. The first kappa shape index (κ1) is 16.2. The predicted octanol–water partition coefficient (Wildman–Crippen LogP) is 4.80. The van der Waals surface area contributed by atoms with Crippen molar-refractivity contribution >= 4 is 33.6 Å².